The number of anilines is 1. The summed E-state index contributed by atoms with van der Waals surface area (Å²) >= 11 is 0. The van der Waals surface area contributed by atoms with Crippen molar-refractivity contribution in [3.8, 4) is 11.6 Å². The Morgan fingerprint density at radius 3 is 3.08 bits per heavy atom. The van der Waals surface area contributed by atoms with Gasteiger partial charge in [-0.25, -0.2) is 9.98 Å². The van der Waals surface area contributed by atoms with E-state index in [2.05, 4.69) is 56.6 Å². The first kappa shape index (κ1) is 15.4. The van der Waals surface area contributed by atoms with Crippen molar-refractivity contribution in [2.45, 2.75) is 19.9 Å². The lowest BCUT2D eigenvalue weighted by atomic mass is 10.2. The monoisotopic (exact) mass is 336 g/mol. The fraction of sp³-hybridized carbons (Fsp3) is 0.278. The number of hydrogen-bond donors (Lipinski definition) is 2. The van der Waals surface area contributed by atoms with Crippen molar-refractivity contribution >= 4 is 11.6 Å². The van der Waals surface area contributed by atoms with Gasteiger partial charge in [-0.1, -0.05) is 18.2 Å². The fourth-order valence-corrected chi connectivity index (χ4v) is 2.98. The summed E-state index contributed by atoms with van der Waals surface area (Å²) in [6.07, 6.45) is 2.64. The second kappa shape index (κ2) is 6.80. The van der Waals surface area contributed by atoms with Crippen molar-refractivity contribution in [3.63, 3.8) is 0 Å². The average Bonchev–Trinajstić information content (AvgIpc) is 3.38. The maximum Gasteiger partial charge on any atom is 0.216 e. The quantitative estimate of drug-likeness (QED) is 0.565. The molecule has 0 fully saturated rings. The molecule has 1 aliphatic heterocycles. The summed E-state index contributed by atoms with van der Waals surface area (Å²) in [7, 11) is 0. The smallest absolute Gasteiger partial charge is 0.216 e. The van der Waals surface area contributed by atoms with Crippen LogP contribution in [0.2, 0.25) is 0 Å². The molecular formula is C18H20N6O. The Morgan fingerprint density at radius 1 is 1.32 bits per heavy atom. The summed E-state index contributed by atoms with van der Waals surface area (Å²) in [5, 5.41) is 10.5. The van der Waals surface area contributed by atoms with Crippen molar-refractivity contribution in [3.05, 3.63) is 54.0 Å². The molecule has 0 unspecified atom stereocenters. The number of para-hydroxylation sites is 1. The Balaban J connectivity index is 1.54. The minimum atomic E-state index is 0.425. The first-order chi connectivity index (χ1) is 12.3. The summed E-state index contributed by atoms with van der Waals surface area (Å²) in [5.74, 6) is 2.76. The topological polar surface area (TPSA) is 82.3 Å². The van der Waals surface area contributed by atoms with Crippen LogP contribution in [0.4, 0.5) is 5.69 Å². The highest BCUT2D eigenvalue weighted by molar-refractivity contribution is 5.97. The van der Waals surface area contributed by atoms with Gasteiger partial charge in [0.15, 0.2) is 11.7 Å². The zero-order valence-corrected chi connectivity index (χ0v) is 14.1. The maximum absolute atomic E-state index is 5.32. The van der Waals surface area contributed by atoms with Crippen molar-refractivity contribution in [2.75, 3.05) is 18.0 Å². The van der Waals surface area contributed by atoms with Gasteiger partial charge in [-0.3, -0.25) is 5.10 Å². The molecule has 0 atom stereocenters. The van der Waals surface area contributed by atoms with Crippen LogP contribution in [-0.2, 0) is 13.0 Å². The van der Waals surface area contributed by atoms with Crippen LogP contribution < -0.4 is 10.2 Å². The molecule has 0 saturated heterocycles. The first-order valence-corrected chi connectivity index (χ1v) is 8.44. The van der Waals surface area contributed by atoms with Gasteiger partial charge in [-0.05, 0) is 37.1 Å². The summed E-state index contributed by atoms with van der Waals surface area (Å²) in [5.41, 5.74) is 2.57. The third-order valence-electron chi connectivity index (χ3n) is 4.13. The number of H-pyrrole nitrogens is 1. The van der Waals surface area contributed by atoms with Gasteiger partial charge in [-0.15, -0.1) is 5.10 Å². The fourth-order valence-electron chi connectivity index (χ4n) is 2.98. The molecule has 0 radical (unpaired) electrons. The van der Waals surface area contributed by atoms with Crippen LogP contribution in [0.15, 0.2) is 52.1 Å². The average molecular weight is 336 g/mol. The van der Waals surface area contributed by atoms with E-state index in [4.69, 9.17) is 9.41 Å². The molecule has 25 heavy (non-hydrogen) atoms. The van der Waals surface area contributed by atoms with Crippen LogP contribution in [0.25, 0.3) is 11.6 Å². The van der Waals surface area contributed by atoms with E-state index in [0.29, 0.717) is 24.0 Å². The van der Waals surface area contributed by atoms with Gasteiger partial charge >= 0.3 is 0 Å². The van der Waals surface area contributed by atoms with Crippen LogP contribution in [0, 0.1) is 0 Å². The van der Waals surface area contributed by atoms with Crippen LogP contribution in [0.1, 0.15) is 18.3 Å². The van der Waals surface area contributed by atoms with Gasteiger partial charge in [0.25, 0.3) is 0 Å². The lowest BCUT2D eigenvalue weighted by Crippen LogP contribution is -2.40. The number of guanidine groups is 1. The molecule has 0 bridgehead atoms. The van der Waals surface area contributed by atoms with E-state index in [1.54, 1.807) is 6.26 Å². The molecule has 7 nitrogen and oxygen atoms in total. The lowest BCUT2D eigenvalue weighted by Gasteiger charge is -2.22. The molecule has 3 heterocycles. The molecule has 1 aromatic carbocycles. The van der Waals surface area contributed by atoms with Gasteiger partial charge in [-0.2, -0.15) is 0 Å². The van der Waals surface area contributed by atoms with Crippen molar-refractivity contribution in [1.82, 2.24) is 20.5 Å². The second-order valence-corrected chi connectivity index (χ2v) is 5.78. The number of aromatic nitrogens is 3. The van der Waals surface area contributed by atoms with E-state index in [-0.39, 0.29) is 0 Å². The van der Waals surface area contributed by atoms with E-state index in [1.807, 2.05) is 12.1 Å². The van der Waals surface area contributed by atoms with Gasteiger partial charge in [0, 0.05) is 18.8 Å². The Bertz CT molecular complexity index is 867. The van der Waals surface area contributed by atoms with Gasteiger partial charge in [0.2, 0.25) is 5.82 Å². The Labute approximate surface area is 145 Å². The number of furan rings is 1. The molecule has 128 valence electrons. The number of aliphatic imine (C=N–C) groups is 1. The predicted octanol–water partition coefficient (Wildman–Crippen LogP) is 2.59. The zero-order valence-electron chi connectivity index (χ0n) is 14.1. The highest BCUT2D eigenvalue weighted by Crippen LogP contribution is 2.27. The van der Waals surface area contributed by atoms with Crippen molar-refractivity contribution < 1.29 is 4.42 Å². The normalized spacial score (nSPS) is 14.0. The summed E-state index contributed by atoms with van der Waals surface area (Å²) in [6.45, 7) is 4.24. The van der Waals surface area contributed by atoms with Crippen LogP contribution in [0.3, 0.4) is 0 Å². The van der Waals surface area contributed by atoms with Crippen LogP contribution in [-0.4, -0.2) is 34.2 Å². The summed E-state index contributed by atoms with van der Waals surface area (Å²) < 4.78 is 5.32. The molecule has 7 heteroatoms. The third-order valence-corrected chi connectivity index (χ3v) is 4.13. The maximum atomic E-state index is 5.32. The molecular weight excluding hydrogens is 316 g/mol. The second-order valence-electron chi connectivity index (χ2n) is 5.78. The van der Waals surface area contributed by atoms with Gasteiger partial charge < -0.3 is 14.6 Å². The number of fused-ring (bicyclic) bond motifs is 1. The molecule has 0 spiro atoms. The van der Waals surface area contributed by atoms with E-state index in [9.17, 15) is 0 Å². The van der Waals surface area contributed by atoms with Gasteiger partial charge in [0.05, 0.1) is 6.26 Å². The predicted molar refractivity (Wildman–Crippen MR) is 96.4 cm³/mol. The number of nitrogens with one attached hydrogen (secondary N) is 2. The summed E-state index contributed by atoms with van der Waals surface area (Å²) in [6, 6.07) is 12.1. The summed E-state index contributed by atoms with van der Waals surface area (Å²) in [4.78, 5) is 11.4. The number of hydrogen-bond acceptors (Lipinski definition) is 4. The highest BCUT2D eigenvalue weighted by Gasteiger charge is 2.22. The zero-order chi connectivity index (χ0) is 17.1. The number of rotatable bonds is 4. The van der Waals surface area contributed by atoms with E-state index >= 15 is 0 Å². The molecule has 2 aromatic heterocycles. The minimum Gasteiger partial charge on any atom is -0.461 e. The third kappa shape index (κ3) is 3.13. The van der Waals surface area contributed by atoms with E-state index in [1.165, 1.54) is 11.3 Å². The SMILES string of the molecule is CCNC(=NCc1nc(-c2ccco2)n[nH]1)N1CCc2ccccc21. The Hall–Kier alpha value is -3.09. The molecule has 4 rings (SSSR count). The van der Waals surface area contributed by atoms with Crippen molar-refractivity contribution in [1.29, 1.82) is 0 Å². The number of aromatic amines is 1. The van der Waals surface area contributed by atoms with Crippen LogP contribution in [0.5, 0.6) is 0 Å². The Kier molecular flexibility index (Phi) is 4.20. The molecule has 0 saturated carbocycles. The molecule has 1 aliphatic rings. The standard InChI is InChI=1S/C18H20N6O/c1-2-19-18(24-10-9-13-6-3-4-7-14(13)24)20-12-16-21-17(23-22-16)15-8-5-11-25-15/h3-8,11H,2,9-10,12H2,1H3,(H,19,20)(H,21,22,23). The lowest BCUT2D eigenvalue weighted by molar-refractivity contribution is 0.577. The molecule has 0 amide bonds. The van der Waals surface area contributed by atoms with Crippen molar-refractivity contribution in [2.24, 2.45) is 4.99 Å². The highest BCUT2D eigenvalue weighted by atomic mass is 16.3. The molecule has 2 N–H and O–H groups in total. The molecule has 3 aromatic rings. The molecule has 0 aliphatic carbocycles. The van der Waals surface area contributed by atoms with E-state index < -0.39 is 0 Å². The van der Waals surface area contributed by atoms with E-state index in [0.717, 1.165) is 25.5 Å². The first-order valence-electron chi connectivity index (χ1n) is 8.44. The largest absolute Gasteiger partial charge is 0.461 e. The minimum absolute atomic E-state index is 0.425. The number of benzene rings is 1. The van der Waals surface area contributed by atoms with Gasteiger partial charge in [0.1, 0.15) is 12.4 Å². The van der Waals surface area contributed by atoms with Crippen LogP contribution >= 0.6 is 0 Å². The Morgan fingerprint density at radius 2 is 2.24 bits per heavy atom. The number of nitrogens with zero attached hydrogens (tertiary/aromatic N) is 4.